The molecule has 0 bridgehead atoms. The molecule has 11 heteroatoms. The van der Waals surface area contributed by atoms with Crippen LogP contribution in [0.5, 0.6) is 11.5 Å². The second-order valence-corrected chi connectivity index (χ2v) is 8.18. The summed E-state index contributed by atoms with van der Waals surface area (Å²) in [6.45, 7) is 0.139. The minimum absolute atomic E-state index is 0. The van der Waals surface area contributed by atoms with Crippen LogP contribution < -0.4 is 128 Å². The Hall–Kier alpha value is -0.247. The number of rotatable bonds is 9. The molecule has 1 aliphatic rings. The van der Waals surface area contributed by atoms with Crippen molar-refractivity contribution in [3.8, 4) is 11.5 Å². The maximum absolute atomic E-state index is 13.2. The third-order valence-corrected chi connectivity index (χ3v) is 5.99. The first kappa shape index (κ1) is 31.0. The van der Waals surface area contributed by atoms with Gasteiger partial charge in [-0.3, -0.25) is 4.79 Å². The predicted octanol–water partition coefficient (Wildman–Crippen LogP) is -4.34. The fraction of sp³-hybridized carbons (Fsp3) is 0.292. The molecule has 8 nitrogen and oxygen atoms in total. The van der Waals surface area contributed by atoms with E-state index in [2.05, 4.69) is 0 Å². The van der Waals surface area contributed by atoms with Gasteiger partial charge in [0.15, 0.2) is 16.9 Å². The minimum Gasteiger partial charge on any atom is -0.550 e. The number of carboxylic acid groups (broad SMARTS) is 2. The monoisotopic (exact) mass is 547 g/mol. The average molecular weight is 548 g/mol. The summed E-state index contributed by atoms with van der Waals surface area (Å²) >= 11 is 6.43. The Morgan fingerprint density at radius 3 is 2.37 bits per heavy atom. The maximum atomic E-state index is 13.2. The summed E-state index contributed by atoms with van der Waals surface area (Å²) in [6.07, 6.45) is 1.44. The van der Waals surface area contributed by atoms with E-state index in [0.29, 0.717) is 52.3 Å². The van der Waals surface area contributed by atoms with Crippen LogP contribution in [-0.2, 0) is 17.8 Å². The van der Waals surface area contributed by atoms with Gasteiger partial charge in [0.1, 0.15) is 0 Å². The number of hydrogen-bond acceptors (Lipinski definition) is 7. The van der Waals surface area contributed by atoms with Gasteiger partial charge in [-0.05, 0) is 49.4 Å². The maximum Gasteiger partial charge on any atom is 1.00 e. The Balaban J connectivity index is 0.00000216. The molecule has 1 aromatic heterocycles. The van der Waals surface area contributed by atoms with Gasteiger partial charge in [-0.2, -0.15) is 0 Å². The summed E-state index contributed by atoms with van der Waals surface area (Å²) in [5, 5.41) is 23.6. The fourth-order valence-electron chi connectivity index (χ4n) is 4.08. The van der Waals surface area contributed by atoms with Gasteiger partial charge in [-0.25, -0.2) is 0 Å². The summed E-state index contributed by atoms with van der Waals surface area (Å²) in [6, 6.07) is 10.1. The number of carbonyl (C=O) groups is 2. The van der Waals surface area contributed by atoms with Crippen LogP contribution in [0.1, 0.15) is 47.3 Å². The van der Waals surface area contributed by atoms with E-state index in [-0.39, 0.29) is 146 Å². The third kappa shape index (κ3) is 7.20. The molecule has 4 rings (SSSR count). The number of benzene rings is 2. The molecule has 0 radical (unpaired) electrons. The van der Waals surface area contributed by atoms with Crippen molar-refractivity contribution in [1.29, 1.82) is 0 Å². The van der Waals surface area contributed by atoms with E-state index >= 15 is 0 Å². The molecular weight excluding hydrogens is 528 g/mol. The van der Waals surface area contributed by atoms with Crippen LogP contribution in [0.3, 0.4) is 0 Å². The predicted molar refractivity (Wildman–Crippen MR) is 116 cm³/mol. The zero-order chi connectivity index (χ0) is 23.5. The largest absolute Gasteiger partial charge is 1.00 e. The first-order chi connectivity index (χ1) is 15.9. The Morgan fingerprint density at radius 1 is 1.00 bits per heavy atom. The molecule has 0 fully saturated rings. The number of fused-ring (bicyclic) bond motifs is 2. The summed E-state index contributed by atoms with van der Waals surface area (Å²) in [7, 11) is 0. The number of aromatic nitrogens is 1. The van der Waals surface area contributed by atoms with Gasteiger partial charge in [0.25, 0.3) is 0 Å². The summed E-state index contributed by atoms with van der Waals surface area (Å²) in [5.74, 6) is -1.60. The van der Waals surface area contributed by atoms with Crippen LogP contribution in [0.25, 0.3) is 10.9 Å². The number of para-hydroxylation sites is 1. The van der Waals surface area contributed by atoms with Gasteiger partial charge >= 0.3 is 103 Å². The van der Waals surface area contributed by atoms with Crippen molar-refractivity contribution in [3.63, 3.8) is 0 Å². The van der Waals surface area contributed by atoms with Gasteiger partial charge in [-0.1, -0.05) is 30.2 Å². The van der Waals surface area contributed by atoms with E-state index in [0.717, 1.165) is 0 Å². The summed E-state index contributed by atoms with van der Waals surface area (Å²) < 4.78 is 12.3. The second kappa shape index (κ2) is 14.1. The SMILES string of the molecule is O=C([O-])CCCCCc1c(C(=O)[O-])n(Cc2cc3c(cc2Cl)OCO3)c2ccccc2c1=O.[K+].[K+]. The number of halogens is 1. The van der Waals surface area contributed by atoms with E-state index < -0.39 is 11.9 Å². The van der Waals surface area contributed by atoms with Gasteiger partial charge in [-0.15, -0.1) is 0 Å². The number of aromatic carboxylic acids is 1. The fourth-order valence-corrected chi connectivity index (χ4v) is 4.30. The van der Waals surface area contributed by atoms with Crippen LogP contribution in [0, 0.1) is 0 Å². The Labute approximate surface area is 291 Å². The molecule has 35 heavy (non-hydrogen) atoms. The molecule has 1 aliphatic heterocycles. The van der Waals surface area contributed by atoms with E-state index in [1.165, 1.54) is 4.57 Å². The number of ether oxygens (including phenoxy) is 2. The third-order valence-electron chi connectivity index (χ3n) is 5.64. The van der Waals surface area contributed by atoms with Crippen LogP contribution in [0.15, 0.2) is 41.2 Å². The molecular formula is C24H20ClK2NO7. The smallest absolute Gasteiger partial charge is 0.550 e. The topological polar surface area (TPSA) is 121 Å². The average Bonchev–Trinajstić information content (AvgIpc) is 3.23. The van der Waals surface area contributed by atoms with E-state index in [1.807, 2.05) is 0 Å². The van der Waals surface area contributed by atoms with Crippen molar-refractivity contribution in [2.45, 2.75) is 38.6 Å². The molecule has 3 aromatic rings. The van der Waals surface area contributed by atoms with Gasteiger partial charge in [0.05, 0.1) is 17.2 Å². The van der Waals surface area contributed by atoms with Crippen LogP contribution in [-0.4, -0.2) is 23.3 Å². The van der Waals surface area contributed by atoms with Crippen molar-refractivity contribution in [3.05, 3.63) is 68.5 Å². The number of nitrogens with zero attached hydrogens (tertiary/aromatic N) is 1. The molecule has 2 heterocycles. The number of unbranched alkanes of at least 4 members (excludes halogenated alkanes) is 2. The van der Waals surface area contributed by atoms with E-state index in [9.17, 15) is 24.6 Å². The summed E-state index contributed by atoms with van der Waals surface area (Å²) in [4.78, 5) is 36.0. The molecule has 0 spiro atoms. The molecule has 0 saturated heterocycles. The Morgan fingerprint density at radius 2 is 1.69 bits per heavy atom. The van der Waals surface area contributed by atoms with Gasteiger partial charge in [0, 0.05) is 34.6 Å². The van der Waals surface area contributed by atoms with Gasteiger partial charge in [0.2, 0.25) is 6.79 Å². The van der Waals surface area contributed by atoms with Crippen molar-refractivity contribution < 1.29 is 132 Å². The number of carbonyl (C=O) groups excluding carboxylic acids is 2. The molecule has 0 amide bonds. The molecule has 0 atom stereocenters. The number of aliphatic carboxylic acids is 1. The van der Waals surface area contributed by atoms with Crippen molar-refractivity contribution >= 4 is 34.4 Å². The first-order valence-corrected chi connectivity index (χ1v) is 10.9. The van der Waals surface area contributed by atoms with Gasteiger partial charge < -0.3 is 33.8 Å². The van der Waals surface area contributed by atoms with Crippen molar-refractivity contribution in [1.82, 2.24) is 4.57 Å². The number of carboxylic acids is 2. The molecule has 0 aliphatic carbocycles. The Kier molecular flexibility index (Phi) is 12.4. The van der Waals surface area contributed by atoms with E-state index in [4.69, 9.17) is 21.1 Å². The normalized spacial score (nSPS) is 11.6. The minimum atomic E-state index is -1.47. The molecule has 0 N–H and O–H groups in total. The zero-order valence-corrected chi connectivity index (χ0v) is 26.6. The molecule has 172 valence electrons. The second-order valence-electron chi connectivity index (χ2n) is 7.78. The standard InChI is InChI=1S/C24H22ClNO7.2K/c25-17-11-20-19(32-13-33-20)10-14(17)12-26-18-8-5-4-6-15(18)23(29)16(22(26)24(30)31)7-2-1-3-9-21(27)28;;/h4-6,8,10-11H,1-3,7,9,12-13H2,(H,27,28)(H,30,31);;/q;2*+1/p-2. The van der Waals surface area contributed by atoms with Crippen LogP contribution in [0.4, 0.5) is 0 Å². The summed E-state index contributed by atoms with van der Waals surface area (Å²) in [5.41, 5.74) is 0.567. The quantitative estimate of drug-likeness (QED) is 0.196. The first-order valence-electron chi connectivity index (χ1n) is 10.5. The van der Waals surface area contributed by atoms with Crippen molar-refractivity contribution in [2.75, 3.05) is 6.79 Å². The zero-order valence-electron chi connectivity index (χ0n) is 19.6. The molecule has 0 saturated carbocycles. The van der Waals surface area contributed by atoms with Crippen LogP contribution >= 0.6 is 11.6 Å². The van der Waals surface area contributed by atoms with Crippen molar-refractivity contribution in [2.24, 2.45) is 0 Å². The van der Waals surface area contributed by atoms with Crippen LogP contribution in [0.2, 0.25) is 5.02 Å². The Bertz CT molecular complexity index is 1310. The molecule has 2 aromatic carbocycles. The number of hydrogen-bond donors (Lipinski definition) is 0. The number of pyridine rings is 1. The molecule has 0 unspecified atom stereocenters. The van der Waals surface area contributed by atoms with E-state index in [1.54, 1.807) is 36.4 Å².